The van der Waals surface area contributed by atoms with Gasteiger partial charge in [-0.1, -0.05) is 23.7 Å². The van der Waals surface area contributed by atoms with E-state index in [0.717, 1.165) is 36.3 Å². The number of fused-ring (bicyclic) bond motifs is 5. The molecule has 0 saturated carbocycles. The molecule has 4 rings (SSSR count). The van der Waals surface area contributed by atoms with E-state index in [2.05, 4.69) is 4.98 Å². The van der Waals surface area contributed by atoms with E-state index in [9.17, 15) is 4.79 Å². The van der Waals surface area contributed by atoms with Gasteiger partial charge in [-0.15, -0.1) is 0 Å². The van der Waals surface area contributed by atoms with E-state index in [1.54, 1.807) is 6.33 Å². The highest BCUT2D eigenvalue weighted by molar-refractivity contribution is 6.30. The Kier molecular flexibility index (Phi) is 2.23. The topological polar surface area (TPSA) is 38.1 Å². The van der Waals surface area contributed by atoms with Crippen molar-refractivity contribution in [3.8, 4) is 5.69 Å². The quantitative estimate of drug-likeness (QED) is 0.740. The predicted octanol–water partition coefficient (Wildman–Crippen LogP) is 2.82. The van der Waals surface area contributed by atoms with Gasteiger partial charge in [-0.3, -0.25) is 9.36 Å². The minimum absolute atomic E-state index is 0.0508. The molecule has 0 radical (unpaired) electrons. The van der Waals surface area contributed by atoms with Crippen LogP contribution in [0.2, 0.25) is 5.15 Å². The Hall–Kier alpha value is -1.81. The minimum atomic E-state index is 0.0508. The van der Waals surface area contributed by atoms with Gasteiger partial charge >= 0.3 is 0 Å². The zero-order valence-electron chi connectivity index (χ0n) is 10.2. The van der Waals surface area contributed by atoms with E-state index in [1.807, 2.05) is 33.7 Å². The molecule has 1 amide bonds. The summed E-state index contributed by atoms with van der Waals surface area (Å²) < 4.78 is 1.96. The zero-order chi connectivity index (χ0) is 13.0. The molecular weight excluding hydrogens is 262 g/mol. The molecule has 1 atom stereocenters. The van der Waals surface area contributed by atoms with Crippen molar-refractivity contribution in [1.29, 1.82) is 0 Å². The SMILES string of the molecule is O=C1c2ccccc2-n2cnc(Cl)c2[C@@H]2CCCN12. The highest BCUT2D eigenvalue weighted by Crippen LogP contribution is 2.40. The highest BCUT2D eigenvalue weighted by Gasteiger charge is 2.38. The van der Waals surface area contributed by atoms with E-state index < -0.39 is 0 Å². The zero-order valence-corrected chi connectivity index (χ0v) is 11.0. The van der Waals surface area contributed by atoms with Crippen LogP contribution < -0.4 is 0 Å². The smallest absolute Gasteiger partial charge is 0.256 e. The molecular formula is C14H12ClN3O. The van der Waals surface area contributed by atoms with Gasteiger partial charge in [0, 0.05) is 6.54 Å². The number of rotatable bonds is 0. The van der Waals surface area contributed by atoms with Gasteiger partial charge in [-0.2, -0.15) is 0 Å². The number of benzene rings is 1. The van der Waals surface area contributed by atoms with Crippen molar-refractivity contribution in [1.82, 2.24) is 14.5 Å². The molecule has 1 saturated heterocycles. The molecule has 5 heteroatoms. The molecule has 0 unspecified atom stereocenters. The van der Waals surface area contributed by atoms with Crippen molar-refractivity contribution in [3.05, 3.63) is 47.0 Å². The van der Waals surface area contributed by atoms with Crippen LogP contribution in [0.1, 0.15) is 34.9 Å². The van der Waals surface area contributed by atoms with Crippen molar-refractivity contribution in [2.75, 3.05) is 6.54 Å². The van der Waals surface area contributed by atoms with Crippen LogP contribution in [-0.2, 0) is 0 Å². The Morgan fingerprint density at radius 2 is 2.16 bits per heavy atom. The van der Waals surface area contributed by atoms with E-state index in [4.69, 9.17) is 11.6 Å². The van der Waals surface area contributed by atoms with Gasteiger partial charge in [0.25, 0.3) is 5.91 Å². The van der Waals surface area contributed by atoms with Gasteiger partial charge in [0.05, 0.1) is 23.0 Å². The molecule has 2 aliphatic heterocycles. The van der Waals surface area contributed by atoms with Gasteiger partial charge in [0.2, 0.25) is 0 Å². The summed E-state index contributed by atoms with van der Waals surface area (Å²) in [6.07, 6.45) is 3.68. The average molecular weight is 274 g/mol. The maximum Gasteiger partial charge on any atom is 0.256 e. The summed E-state index contributed by atoms with van der Waals surface area (Å²) in [5.41, 5.74) is 2.54. The fourth-order valence-corrected chi connectivity index (χ4v) is 3.40. The number of halogens is 1. The lowest BCUT2D eigenvalue weighted by atomic mass is 10.1. The summed E-state index contributed by atoms with van der Waals surface area (Å²) >= 11 is 6.24. The third-order valence-electron chi connectivity index (χ3n) is 3.98. The third kappa shape index (κ3) is 1.40. The van der Waals surface area contributed by atoms with Gasteiger partial charge in [0.1, 0.15) is 6.33 Å². The summed E-state index contributed by atoms with van der Waals surface area (Å²) in [4.78, 5) is 18.8. The van der Waals surface area contributed by atoms with Crippen LogP contribution in [0.5, 0.6) is 0 Å². The van der Waals surface area contributed by atoms with Crippen molar-refractivity contribution < 1.29 is 4.79 Å². The summed E-state index contributed by atoms with van der Waals surface area (Å²) in [7, 11) is 0. The molecule has 4 nitrogen and oxygen atoms in total. The van der Waals surface area contributed by atoms with E-state index in [-0.39, 0.29) is 11.9 Å². The molecule has 0 bridgehead atoms. The van der Waals surface area contributed by atoms with Crippen LogP contribution in [0, 0.1) is 0 Å². The molecule has 1 aromatic heterocycles. The van der Waals surface area contributed by atoms with Crippen LogP contribution in [-0.4, -0.2) is 26.9 Å². The minimum Gasteiger partial charge on any atom is -0.330 e. The predicted molar refractivity (Wildman–Crippen MR) is 71.6 cm³/mol. The lowest BCUT2D eigenvalue weighted by Gasteiger charge is -2.22. The number of amides is 1. The van der Waals surface area contributed by atoms with Gasteiger partial charge in [-0.25, -0.2) is 4.98 Å². The number of para-hydroxylation sites is 1. The number of aromatic nitrogens is 2. The number of hydrogen-bond acceptors (Lipinski definition) is 2. The molecule has 0 N–H and O–H groups in total. The van der Waals surface area contributed by atoms with Gasteiger partial charge in [0.15, 0.2) is 5.15 Å². The molecule has 19 heavy (non-hydrogen) atoms. The van der Waals surface area contributed by atoms with E-state index >= 15 is 0 Å². The van der Waals surface area contributed by atoms with Gasteiger partial charge in [-0.05, 0) is 25.0 Å². The summed E-state index contributed by atoms with van der Waals surface area (Å²) in [6.45, 7) is 0.791. The van der Waals surface area contributed by atoms with Crippen LogP contribution in [0.4, 0.5) is 0 Å². The highest BCUT2D eigenvalue weighted by atomic mass is 35.5. The summed E-state index contributed by atoms with van der Waals surface area (Å²) in [5, 5.41) is 0.501. The molecule has 0 aliphatic carbocycles. The van der Waals surface area contributed by atoms with Crippen LogP contribution in [0.3, 0.4) is 0 Å². The molecule has 96 valence electrons. The lowest BCUT2D eigenvalue weighted by Crippen LogP contribution is -2.29. The molecule has 1 fully saturated rings. The summed E-state index contributed by atoms with van der Waals surface area (Å²) in [6, 6.07) is 7.69. The average Bonchev–Trinajstić information content (AvgIpc) is 3.02. The standard InChI is InChI=1S/C14H12ClN3O/c15-13-12-11-6-3-7-17(11)14(19)9-4-1-2-5-10(9)18(12)8-16-13/h1-2,4-5,8,11H,3,6-7H2/t11-/m0/s1. The maximum absolute atomic E-state index is 12.6. The molecule has 3 heterocycles. The van der Waals surface area contributed by atoms with E-state index in [1.165, 1.54) is 0 Å². The number of hydrogen-bond donors (Lipinski definition) is 0. The number of nitrogens with zero attached hydrogens (tertiary/aromatic N) is 3. The van der Waals surface area contributed by atoms with Crippen molar-refractivity contribution in [2.45, 2.75) is 18.9 Å². The monoisotopic (exact) mass is 273 g/mol. The number of imidazole rings is 1. The first-order chi connectivity index (χ1) is 9.27. The Morgan fingerprint density at radius 3 is 3.05 bits per heavy atom. The number of carbonyl (C=O) groups is 1. The fraction of sp³-hybridized carbons (Fsp3) is 0.286. The number of carbonyl (C=O) groups excluding carboxylic acids is 1. The molecule has 1 aromatic carbocycles. The van der Waals surface area contributed by atoms with Crippen LogP contribution in [0.15, 0.2) is 30.6 Å². The van der Waals surface area contributed by atoms with Crippen molar-refractivity contribution >= 4 is 17.5 Å². The molecule has 2 aliphatic rings. The van der Waals surface area contributed by atoms with Crippen LogP contribution >= 0.6 is 11.6 Å². The third-order valence-corrected chi connectivity index (χ3v) is 4.27. The first-order valence-corrected chi connectivity index (χ1v) is 6.78. The molecule has 2 aromatic rings. The maximum atomic E-state index is 12.6. The molecule has 0 spiro atoms. The second kappa shape index (κ2) is 3.84. The second-order valence-electron chi connectivity index (χ2n) is 4.96. The Balaban J connectivity index is 2.06. The Morgan fingerprint density at radius 1 is 1.32 bits per heavy atom. The normalized spacial score (nSPS) is 20.8. The Bertz CT molecular complexity index is 679. The first kappa shape index (κ1) is 11.1. The van der Waals surface area contributed by atoms with Crippen LogP contribution in [0.25, 0.3) is 5.69 Å². The summed E-state index contributed by atoms with van der Waals surface area (Å²) in [5.74, 6) is 0.0952. The van der Waals surface area contributed by atoms with Crippen molar-refractivity contribution in [2.24, 2.45) is 0 Å². The van der Waals surface area contributed by atoms with E-state index in [0.29, 0.717) is 5.15 Å². The Labute approximate surface area is 115 Å². The lowest BCUT2D eigenvalue weighted by molar-refractivity contribution is 0.0739. The fourth-order valence-electron chi connectivity index (χ4n) is 3.14. The first-order valence-electron chi connectivity index (χ1n) is 6.40. The van der Waals surface area contributed by atoms with Gasteiger partial charge < -0.3 is 4.90 Å². The second-order valence-corrected chi connectivity index (χ2v) is 5.32. The largest absolute Gasteiger partial charge is 0.330 e. The van der Waals surface area contributed by atoms with Crippen molar-refractivity contribution in [3.63, 3.8) is 0 Å².